The van der Waals surface area contributed by atoms with Crippen molar-refractivity contribution in [1.29, 1.82) is 0 Å². The maximum atomic E-state index is 13.2. The lowest BCUT2D eigenvalue weighted by molar-refractivity contribution is 0.0593. The molecule has 0 spiro atoms. The Balaban J connectivity index is 1.30. The molecule has 8 nitrogen and oxygen atoms in total. The number of hydrogen-bond donors (Lipinski definition) is 0. The number of likely N-dealkylation sites (tertiary alicyclic amines) is 1. The van der Waals surface area contributed by atoms with Crippen LogP contribution in [0.1, 0.15) is 31.7 Å². The summed E-state index contributed by atoms with van der Waals surface area (Å²) in [6.45, 7) is 5.52. The van der Waals surface area contributed by atoms with Crippen LogP contribution < -0.4 is 10.4 Å². The van der Waals surface area contributed by atoms with Gasteiger partial charge in [-0.1, -0.05) is 6.07 Å². The van der Waals surface area contributed by atoms with Gasteiger partial charge in [-0.25, -0.2) is 9.78 Å². The molecular formula is C27H31N5O3. The van der Waals surface area contributed by atoms with E-state index in [2.05, 4.69) is 27.0 Å². The number of ether oxygens (including phenoxy) is 2. The molecule has 8 heteroatoms. The number of rotatable bonds is 7. The van der Waals surface area contributed by atoms with E-state index in [1.165, 1.54) is 19.5 Å². The second kappa shape index (κ2) is 9.43. The lowest BCUT2D eigenvalue weighted by atomic mass is 10.0. The van der Waals surface area contributed by atoms with E-state index >= 15 is 0 Å². The van der Waals surface area contributed by atoms with Crippen molar-refractivity contribution in [1.82, 2.24) is 24.0 Å². The van der Waals surface area contributed by atoms with E-state index in [1.807, 2.05) is 36.0 Å². The minimum absolute atomic E-state index is 0.0209. The number of aromatic nitrogens is 4. The van der Waals surface area contributed by atoms with Crippen molar-refractivity contribution < 1.29 is 9.47 Å². The third kappa shape index (κ3) is 4.21. The highest BCUT2D eigenvalue weighted by Gasteiger charge is 2.24. The molecule has 2 aliphatic heterocycles. The predicted octanol–water partition coefficient (Wildman–Crippen LogP) is 3.78. The number of benzene rings is 1. The van der Waals surface area contributed by atoms with Crippen LogP contribution in [0, 0.1) is 0 Å². The first-order valence-corrected chi connectivity index (χ1v) is 12.6. The van der Waals surface area contributed by atoms with Crippen molar-refractivity contribution in [2.75, 3.05) is 39.5 Å². The highest BCUT2D eigenvalue weighted by Crippen LogP contribution is 2.31. The Kier molecular flexibility index (Phi) is 6.00. The highest BCUT2D eigenvalue weighted by atomic mass is 16.5. The number of aryl methyl sites for hydroxylation is 1. The normalized spacial score (nSPS) is 18.7. The van der Waals surface area contributed by atoms with Gasteiger partial charge in [-0.05, 0) is 62.5 Å². The van der Waals surface area contributed by atoms with Gasteiger partial charge in [-0.3, -0.25) is 14.1 Å². The van der Waals surface area contributed by atoms with Crippen LogP contribution in [0.5, 0.6) is 5.88 Å². The van der Waals surface area contributed by atoms with Gasteiger partial charge in [0.05, 0.1) is 42.0 Å². The van der Waals surface area contributed by atoms with Crippen molar-refractivity contribution in [3.05, 3.63) is 53.2 Å². The Hall–Kier alpha value is -3.23. The van der Waals surface area contributed by atoms with Crippen LogP contribution in [0.15, 0.2) is 47.5 Å². The van der Waals surface area contributed by atoms with Gasteiger partial charge in [0.25, 0.3) is 0 Å². The molecule has 3 aromatic heterocycles. The monoisotopic (exact) mass is 473 g/mol. The van der Waals surface area contributed by atoms with Crippen LogP contribution in [0.25, 0.3) is 33.1 Å². The summed E-state index contributed by atoms with van der Waals surface area (Å²) >= 11 is 0. The molecule has 1 atom stereocenters. The number of hydrogen-bond acceptors (Lipinski definition) is 6. The molecule has 1 aromatic carbocycles. The van der Waals surface area contributed by atoms with Gasteiger partial charge in [-0.2, -0.15) is 0 Å². The minimum Gasteiger partial charge on any atom is -0.478 e. The third-order valence-electron chi connectivity index (χ3n) is 7.30. The molecule has 2 saturated heterocycles. The van der Waals surface area contributed by atoms with E-state index in [1.54, 1.807) is 10.8 Å². The van der Waals surface area contributed by atoms with Gasteiger partial charge < -0.3 is 14.4 Å². The van der Waals surface area contributed by atoms with Gasteiger partial charge in [0.1, 0.15) is 0 Å². The van der Waals surface area contributed by atoms with Gasteiger partial charge in [-0.15, -0.1) is 0 Å². The number of fused-ring (bicyclic) bond motifs is 3. The average Bonchev–Trinajstić information content (AvgIpc) is 3.13. The van der Waals surface area contributed by atoms with E-state index in [4.69, 9.17) is 9.47 Å². The lowest BCUT2D eigenvalue weighted by Gasteiger charge is -2.30. The van der Waals surface area contributed by atoms with E-state index in [-0.39, 0.29) is 11.7 Å². The maximum Gasteiger partial charge on any atom is 0.329 e. The van der Waals surface area contributed by atoms with Crippen molar-refractivity contribution in [2.45, 2.75) is 31.7 Å². The quantitative estimate of drug-likeness (QED) is 0.381. The van der Waals surface area contributed by atoms with Gasteiger partial charge in [0.2, 0.25) is 5.88 Å². The first-order valence-electron chi connectivity index (χ1n) is 12.6. The van der Waals surface area contributed by atoms with E-state index in [0.29, 0.717) is 19.1 Å². The third-order valence-corrected chi connectivity index (χ3v) is 7.30. The van der Waals surface area contributed by atoms with Crippen molar-refractivity contribution >= 4 is 21.9 Å². The molecule has 35 heavy (non-hydrogen) atoms. The molecule has 5 heterocycles. The minimum atomic E-state index is -0.0209. The molecular weight excluding hydrogens is 442 g/mol. The topological polar surface area (TPSA) is 74.4 Å². The standard InChI is InChI=1S/C27H31N5O3/c1-30-24-17-28-23-8-6-19(15-22(23)26(24)32(27(30)33)21-5-2-13-34-18-21)20-7-9-25(29-16-20)35-14-4-12-31-10-3-11-31/h6-9,15-17,21H,2-5,10-14,18H2,1H3/t21-/m0/s1. The summed E-state index contributed by atoms with van der Waals surface area (Å²) in [5, 5.41) is 0.967. The number of nitrogens with zero attached hydrogens (tertiary/aromatic N) is 5. The fourth-order valence-corrected chi connectivity index (χ4v) is 5.18. The first kappa shape index (κ1) is 22.2. The molecule has 0 saturated carbocycles. The summed E-state index contributed by atoms with van der Waals surface area (Å²) in [6, 6.07) is 10.2. The fraction of sp³-hybridized carbons (Fsp3) is 0.444. The fourth-order valence-electron chi connectivity index (χ4n) is 5.18. The summed E-state index contributed by atoms with van der Waals surface area (Å²) < 4.78 is 15.2. The number of imidazole rings is 1. The predicted molar refractivity (Wildman–Crippen MR) is 136 cm³/mol. The van der Waals surface area contributed by atoms with Crippen LogP contribution in [-0.2, 0) is 11.8 Å². The van der Waals surface area contributed by atoms with Gasteiger partial charge in [0.15, 0.2) is 0 Å². The maximum absolute atomic E-state index is 13.2. The molecule has 2 aliphatic rings. The molecule has 0 unspecified atom stereocenters. The number of pyridine rings is 2. The second-order valence-electron chi connectivity index (χ2n) is 9.59. The average molecular weight is 474 g/mol. The second-order valence-corrected chi connectivity index (χ2v) is 9.59. The van der Waals surface area contributed by atoms with Gasteiger partial charge >= 0.3 is 5.69 Å². The molecule has 0 amide bonds. The Bertz CT molecular complexity index is 1400. The smallest absolute Gasteiger partial charge is 0.329 e. The molecule has 4 aromatic rings. The highest BCUT2D eigenvalue weighted by molar-refractivity contribution is 6.04. The van der Waals surface area contributed by atoms with Crippen LogP contribution in [0.2, 0.25) is 0 Å². The van der Waals surface area contributed by atoms with E-state index < -0.39 is 0 Å². The molecule has 6 rings (SSSR count). The van der Waals surface area contributed by atoms with Crippen molar-refractivity contribution in [2.24, 2.45) is 7.05 Å². The largest absolute Gasteiger partial charge is 0.478 e. The van der Waals surface area contributed by atoms with E-state index in [9.17, 15) is 4.79 Å². The summed E-state index contributed by atoms with van der Waals surface area (Å²) in [4.78, 5) is 24.8. The summed E-state index contributed by atoms with van der Waals surface area (Å²) in [5.41, 5.74) is 4.65. The lowest BCUT2D eigenvalue weighted by Crippen LogP contribution is -2.38. The summed E-state index contributed by atoms with van der Waals surface area (Å²) in [7, 11) is 1.81. The molecule has 0 aliphatic carbocycles. The summed E-state index contributed by atoms with van der Waals surface area (Å²) in [5.74, 6) is 0.649. The zero-order chi connectivity index (χ0) is 23.8. The Labute approximate surface area is 204 Å². The molecule has 0 bridgehead atoms. The molecule has 0 N–H and O–H groups in total. The van der Waals surface area contributed by atoms with Crippen LogP contribution >= 0.6 is 0 Å². The van der Waals surface area contributed by atoms with Crippen LogP contribution in [0.4, 0.5) is 0 Å². The Morgan fingerprint density at radius 2 is 1.97 bits per heavy atom. The van der Waals surface area contributed by atoms with Gasteiger partial charge in [0, 0.05) is 43.4 Å². The van der Waals surface area contributed by atoms with Crippen LogP contribution in [-0.4, -0.2) is 63.5 Å². The molecule has 0 radical (unpaired) electrons. The molecule has 182 valence electrons. The van der Waals surface area contributed by atoms with Crippen LogP contribution in [0.3, 0.4) is 0 Å². The SMILES string of the molecule is Cn1c(=O)n([C@H]2CCCOC2)c2c3cc(-c4ccc(OCCCN5CCC5)nc4)ccc3ncc21. The Morgan fingerprint density at radius 3 is 2.71 bits per heavy atom. The molecule has 2 fully saturated rings. The van der Waals surface area contributed by atoms with Crippen molar-refractivity contribution in [3.8, 4) is 17.0 Å². The summed E-state index contributed by atoms with van der Waals surface area (Å²) in [6.07, 6.45) is 7.88. The zero-order valence-corrected chi connectivity index (χ0v) is 20.2. The zero-order valence-electron chi connectivity index (χ0n) is 20.2. The van der Waals surface area contributed by atoms with E-state index in [0.717, 1.165) is 65.5 Å². The first-order chi connectivity index (χ1) is 17.2. The van der Waals surface area contributed by atoms with Crippen molar-refractivity contribution in [3.63, 3.8) is 0 Å². The Morgan fingerprint density at radius 1 is 1.09 bits per heavy atom.